The fourth-order valence-corrected chi connectivity index (χ4v) is 5.67. The van der Waals surface area contributed by atoms with Crippen molar-refractivity contribution in [3.63, 3.8) is 0 Å². The van der Waals surface area contributed by atoms with E-state index in [9.17, 15) is 0 Å². The van der Waals surface area contributed by atoms with Crippen molar-refractivity contribution in [3.8, 4) is 0 Å². The lowest BCUT2D eigenvalue weighted by Gasteiger charge is -2.50. The van der Waals surface area contributed by atoms with Crippen molar-refractivity contribution in [1.29, 1.82) is 0 Å². The molecule has 0 rings (SSSR count). The first-order valence-electron chi connectivity index (χ1n) is 13.7. The monoisotopic (exact) mass is 407 g/mol. The molecule has 0 aliphatic heterocycles. The molecule has 0 saturated heterocycles. The molecule has 0 heterocycles. The minimum atomic E-state index is 0.514. The first-order chi connectivity index (χ1) is 13.8. The number of hydrogen-bond donors (Lipinski definition) is 0. The van der Waals surface area contributed by atoms with Crippen LogP contribution < -0.4 is 0 Å². The maximum Gasteiger partial charge on any atom is -0.0176 e. The van der Waals surface area contributed by atoms with E-state index in [1.54, 1.807) is 0 Å². The van der Waals surface area contributed by atoms with Gasteiger partial charge in [0.05, 0.1) is 0 Å². The van der Waals surface area contributed by atoms with E-state index in [0.29, 0.717) is 5.41 Å². The summed E-state index contributed by atoms with van der Waals surface area (Å²) in [4.78, 5) is 0. The summed E-state index contributed by atoms with van der Waals surface area (Å²) in [6.07, 6.45) is 19.5. The zero-order valence-electron chi connectivity index (χ0n) is 22.2. The number of rotatable bonds is 19. The van der Waals surface area contributed by atoms with Gasteiger partial charge in [-0.05, 0) is 60.7 Å². The molecular formula is C29H59. The Kier molecular flexibility index (Phi) is 16.7. The third-order valence-electron chi connectivity index (χ3n) is 7.80. The Morgan fingerprint density at radius 1 is 0.655 bits per heavy atom. The average Bonchev–Trinajstić information content (AvgIpc) is 2.68. The predicted molar refractivity (Wildman–Crippen MR) is 135 cm³/mol. The Balaban J connectivity index is 6.01. The maximum atomic E-state index is 2.56. The third-order valence-corrected chi connectivity index (χ3v) is 7.80. The van der Waals surface area contributed by atoms with Crippen molar-refractivity contribution in [2.75, 3.05) is 0 Å². The van der Waals surface area contributed by atoms with E-state index >= 15 is 0 Å². The molecule has 0 fully saturated rings. The van der Waals surface area contributed by atoms with Crippen molar-refractivity contribution in [1.82, 2.24) is 0 Å². The van der Waals surface area contributed by atoms with Gasteiger partial charge in [0.1, 0.15) is 0 Å². The van der Waals surface area contributed by atoms with E-state index in [4.69, 9.17) is 0 Å². The Morgan fingerprint density at radius 3 is 1.62 bits per heavy atom. The van der Waals surface area contributed by atoms with Crippen molar-refractivity contribution in [3.05, 3.63) is 5.92 Å². The van der Waals surface area contributed by atoms with Gasteiger partial charge in [0.15, 0.2) is 0 Å². The Labute approximate surface area is 187 Å². The van der Waals surface area contributed by atoms with Crippen LogP contribution >= 0.6 is 0 Å². The molecule has 0 amide bonds. The van der Waals surface area contributed by atoms with E-state index in [-0.39, 0.29) is 0 Å². The third kappa shape index (κ3) is 10.2. The quantitative estimate of drug-likeness (QED) is 0.187. The Bertz CT molecular complexity index is 355. The molecule has 0 aliphatic rings. The largest absolute Gasteiger partial charge is 0.0654 e. The van der Waals surface area contributed by atoms with Gasteiger partial charge in [0.25, 0.3) is 0 Å². The summed E-state index contributed by atoms with van der Waals surface area (Å²) in [6, 6.07) is 0. The zero-order valence-corrected chi connectivity index (χ0v) is 22.2. The molecule has 1 radical (unpaired) electrons. The normalized spacial score (nSPS) is 16.6. The molecule has 0 aromatic rings. The molecular weight excluding hydrogens is 348 g/mol. The number of unbranched alkanes of at least 4 members (excludes halogenated alkanes) is 6. The van der Waals surface area contributed by atoms with Crippen molar-refractivity contribution >= 4 is 0 Å². The van der Waals surface area contributed by atoms with E-state index in [0.717, 1.165) is 23.7 Å². The molecule has 3 unspecified atom stereocenters. The predicted octanol–water partition coefficient (Wildman–Crippen LogP) is 10.7. The lowest BCUT2D eigenvalue weighted by atomic mass is 9.54. The van der Waals surface area contributed by atoms with Gasteiger partial charge in [-0.3, -0.25) is 0 Å². The molecule has 3 atom stereocenters. The molecule has 0 aliphatic carbocycles. The highest BCUT2D eigenvalue weighted by molar-refractivity contribution is 5.08. The molecule has 0 aromatic heterocycles. The second kappa shape index (κ2) is 16.7. The molecule has 29 heavy (non-hydrogen) atoms. The first-order valence-corrected chi connectivity index (χ1v) is 13.7. The molecule has 0 bridgehead atoms. The minimum absolute atomic E-state index is 0.514. The molecule has 0 spiro atoms. The second-order valence-corrected chi connectivity index (χ2v) is 10.8. The minimum Gasteiger partial charge on any atom is -0.0654 e. The van der Waals surface area contributed by atoms with Gasteiger partial charge in [-0.15, -0.1) is 0 Å². The Morgan fingerprint density at radius 2 is 1.17 bits per heavy atom. The molecule has 0 N–H and O–H groups in total. The lowest BCUT2D eigenvalue weighted by Crippen LogP contribution is -2.42. The highest BCUT2D eigenvalue weighted by Crippen LogP contribution is 2.54. The average molecular weight is 408 g/mol. The highest BCUT2D eigenvalue weighted by Gasteiger charge is 2.45. The SMILES string of the molecule is CCCCCCC(CCCCC)(C(C)C)C(CC(C)C)[C](CCCC)C(C)CC. The van der Waals surface area contributed by atoms with Gasteiger partial charge in [0.2, 0.25) is 0 Å². The topological polar surface area (TPSA) is 0 Å². The molecule has 0 nitrogen and oxygen atoms in total. The summed E-state index contributed by atoms with van der Waals surface area (Å²) in [5.74, 6) is 5.13. The molecule has 175 valence electrons. The van der Waals surface area contributed by atoms with Gasteiger partial charge >= 0.3 is 0 Å². The van der Waals surface area contributed by atoms with Crippen LogP contribution in [0, 0.1) is 35.0 Å². The van der Waals surface area contributed by atoms with E-state index in [1.807, 2.05) is 5.92 Å². The van der Waals surface area contributed by atoms with Crippen LogP contribution in [0.5, 0.6) is 0 Å². The van der Waals surface area contributed by atoms with Crippen LogP contribution in [0.15, 0.2) is 0 Å². The van der Waals surface area contributed by atoms with Crippen LogP contribution in [0.25, 0.3) is 0 Å². The number of hydrogen-bond acceptors (Lipinski definition) is 0. The summed E-state index contributed by atoms with van der Waals surface area (Å²) in [6.45, 7) is 22.1. The summed E-state index contributed by atoms with van der Waals surface area (Å²) in [7, 11) is 0. The van der Waals surface area contributed by atoms with Crippen LogP contribution in [0.2, 0.25) is 0 Å². The van der Waals surface area contributed by atoms with Gasteiger partial charge in [-0.2, -0.15) is 0 Å². The standard InChI is InChI=1S/C29H59/c1-10-14-17-19-22-29(25(7)8,21-18-15-11-2)28(23-24(5)6)27(20-16-12-3)26(9)13-4/h24-26,28H,10-23H2,1-9H3. The van der Waals surface area contributed by atoms with E-state index in [1.165, 1.54) is 89.9 Å². The van der Waals surface area contributed by atoms with E-state index in [2.05, 4.69) is 62.3 Å². The van der Waals surface area contributed by atoms with Crippen LogP contribution in [-0.2, 0) is 0 Å². The van der Waals surface area contributed by atoms with Gasteiger partial charge in [-0.1, -0.05) is 127 Å². The van der Waals surface area contributed by atoms with Crippen LogP contribution in [0.1, 0.15) is 152 Å². The fraction of sp³-hybridized carbons (Fsp3) is 0.966. The van der Waals surface area contributed by atoms with Crippen LogP contribution in [0.4, 0.5) is 0 Å². The zero-order chi connectivity index (χ0) is 22.3. The maximum absolute atomic E-state index is 2.56. The first kappa shape index (κ1) is 29.0. The van der Waals surface area contributed by atoms with Gasteiger partial charge in [0, 0.05) is 0 Å². The van der Waals surface area contributed by atoms with Crippen molar-refractivity contribution in [2.24, 2.45) is 29.1 Å². The lowest BCUT2D eigenvalue weighted by molar-refractivity contribution is 0.0404. The van der Waals surface area contributed by atoms with Gasteiger partial charge in [-0.25, -0.2) is 0 Å². The molecule has 0 saturated carbocycles. The van der Waals surface area contributed by atoms with E-state index < -0.39 is 0 Å². The van der Waals surface area contributed by atoms with Gasteiger partial charge < -0.3 is 0 Å². The van der Waals surface area contributed by atoms with Crippen molar-refractivity contribution < 1.29 is 0 Å². The molecule has 0 heteroatoms. The fourth-order valence-electron chi connectivity index (χ4n) is 5.67. The summed E-state index contributed by atoms with van der Waals surface area (Å²) in [5.41, 5.74) is 0.514. The Hall–Kier alpha value is 0. The summed E-state index contributed by atoms with van der Waals surface area (Å²) < 4.78 is 0. The summed E-state index contributed by atoms with van der Waals surface area (Å²) >= 11 is 0. The van der Waals surface area contributed by atoms with Crippen LogP contribution in [0.3, 0.4) is 0 Å². The van der Waals surface area contributed by atoms with Crippen molar-refractivity contribution in [2.45, 2.75) is 152 Å². The molecule has 0 aromatic carbocycles. The summed E-state index contributed by atoms with van der Waals surface area (Å²) in [5, 5.41) is 0. The second-order valence-electron chi connectivity index (χ2n) is 10.8. The van der Waals surface area contributed by atoms with Crippen LogP contribution in [-0.4, -0.2) is 0 Å². The smallest absolute Gasteiger partial charge is 0.0176 e. The highest BCUT2D eigenvalue weighted by atomic mass is 14.5.